The van der Waals surface area contributed by atoms with Gasteiger partial charge in [0.05, 0.1) is 22.9 Å². The first-order chi connectivity index (χ1) is 14.2. The lowest BCUT2D eigenvalue weighted by Crippen LogP contribution is -2.37. The number of carbonyl (C=O) groups is 3. The molecule has 1 amide bonds. The number of rotatable bonds is 6. The number of hydrogen-bond acceptors (Lipinski definition) is 9. The standard InChI is InChI=1S/C18H19N3O7S2/c1-3-27-18(24)16-11(2)8-15(29-16)19-14(22)10-28-17(23)12-4-5-13-20-30(25,26)7-6-21(13)9-12/h4-5,8-9H,3,6-7,10H2,1-2H3,(H,19,22). The van der Waals surface area contributed by atoms with Crippen molar-refractivity contribution < 1.29 is 32.3 Å². The van der Waals surface area contributed by atoms with Gasteiger partial charge in [0.1, 0.15) is 10.7 Å². The Hall–Kier alpha value is -2.99. The predicted molar refractivity (Wildman–Crippen MR) is 110 cm³/mol. The van der Waals surface area contributed by atoms with E-state index in [-0.39, 0.29) is 30.3 Å². The van der Waals surface area contributed by atoms with Gasteiger partial charge in [-0.1, -0.05) is 0 Å². The van der Waals surface area contributed by atoms with Crippen molar-refractivity contribution in [3.05, 3.63) is 40.4 Å². The smallest absolute Gasteiger partial charge is 0.348 e. The third-order valence-electron chi connectivity index (χ3n) is 4.04. The molecule has 0 aliphatic carbocycles. The zero-order valence-electron chi connectivity index (χ0n) is 16.2. The molecule has 3 heterocycles. The zero-order chi connectivity index (χ0) is 21.9. The molecule has 10 nitrogen and oxygen atoms in total. The molecule has 0 fully saturated rings. The molecule has 30 heavy (non-hydrogen) atoms. The number of amidine groups is 1. The van der Waals surface area contributed by atoms with E-state index in [1.165, 1.54) is 23.3 Å². The zero-order valence-corrected chi connectivity index (χ0v) is 17.8. The minimum atomic E-state index is -3.48. The minimum Gasteiger partial charge on any atom is -0.462 e. The van der Waals surface area contributed by atoms with Crippen molar-refractivity contribution in [2.45, 2.75) is 13.8 Å². The highest BCUT2D eigenvalue weighted by molar-refractivity contribution is 7.90. The highest BCUT2D eigenvalue weighted by Gasteiger charge is 2.25. The summed E-state index contributed by atoms with van der Waals surface area (Å²) in [6, 6.07) is 1.63. The van der Waals surface area contributed by atoms with Crippen molar-refractivity contribution in [1.29, 1.82) is 0 Å². The van der Waals surface area contributed by atoms with E-state index in [9.17, 15) is 22.8 Å². The number of hydrogen-bond donors (Lipinski definition) is 1. The van der Waals surface area contributed by atoms with Gasteiger partial charge in [-0.25, -0.2) is 18.0 Å². The number of aryl methyl sites for hydroxylation is 1. The van der Waals surface area contributed by atoms with Crippen LogP contribution in [0.1, 0.15) is 22.2 Å². The van der Waals surface area contributed by atoms with E-state index < -0.39 is 34.5 Å². The van der Waals surface area contributed by atoms with Gasteiger partial charge >= 0.3 is 11.9 Å². The van der Waals surface area contributed by atoms with E-state index in [1.807, 2.05) is 0 Å². The summed E-state index contributed by atoms with van der Waals surface area (Å²) in [7, 11) is -3.48. The van der Waals surface area contributed by atoms with E-state index in [2.05, 4.69) is 9.71 Å². The van der Waals surface area contributed by atoms with Crippen LogP contribution in [0.3, 0.4) is 0 Å². The third-order valence-corrected chi connectivity index (χ3v) is 6.33. The summed E-state index contributed by atoms with van der Waals surface area (Å²) in [6.45, 7) is 3.33. The second-order valence-electron chi connectivity index (χ2n) is 6.31. The first kappa shape index (κ1) is 21.7. The molecule has 1 N–H and O–H groups in total. The van der Waals surface area contributed by atoms with Crippen molar-refractivity contribution in [2.75, 3.05) is 30.8 Å². The second kappa shape index (κ2) is 8.79. The Kier molecular flexibility index (Phi) is 6.37. The van der Waals surface area contributed by atoms with Crippen LogP contribution < -0.4 is 5.32 Å². The average molecular weight is 453 g/mol. The van der Waals surface area contributed by atoms with Crippen LogP contribution in [0.25, 0.3) is 0 Å². The molecule has 2 aliphatic rings. The topological polar surface area (TPSA) is 131 Å². The van der Waals surface area contributed by atoms with Crippen LogP contribution in [0.5, 0.6) is 0 Å². The summed E-state index contributed by atoms with van der Waals surface area (Å²) < 4.78 is 36.6. The molecule has 2 aliphatic heterocycles. The number of sulfonamides is 1. The fraction of sp³-hybridized carbons (Fsp3) is 0.333. The molecular formula is C18H19N3O7S2. The predicted octanol–water partition coefficient (Wildman–Crippen LogP) is 1.21. The van der Waals surface area contributed by atoms with E-state index in [1.54, 1.807) is 19.9 Å². The van der Waals surface area contributed by atoms with Crippen molar-refractivity contribution in [3.8, 4) is 0 Å². The van der Waals surface area contributed by atoms with Crippen LogP contribution in [0.2, 0.25) is 0 Å². The van der Waals surface area contributed by atoms with Crippen LogP contribution in [0.15, 0.2) is 34.4 Å². The van der Waals surface area contributed by atoms with Gasteiger partial charge < -0.3 is 19.7 Å². The Balaban J connectivity index is 1.55. The molecule has 0 aromatic carbocycles. The number of ether oxygens (including phenoxy) is 2. The van der Waals surface area contributed by atoms with Gasteiger partial charge in [-0.2, -0.15) is 0 Å². The molecule has 160 valence electrons. The van der Waals surface area contributed by atoms with Gasteiger partial charge in [-0.15, -0.1) is 15.7 Å². The molecule has 0 spiro atoms. The minimum absolute atomic E-state index is 0.153. The van der Waals surface area contributed by atoms with Crippen molar-refractivity contribution >= 4 is 50.0 Å². The number of amides is 1. The maximum atomic E-state index is 12.2. The van der Waals surface area contributed by atoms with E-state index in [0.717, 1.165) is 11.3 Å². The maximum Gasteiger partial charge on any atom is 0.348 e. The number of anilines is 1. The van der Waals surface area contributed by atoms with Crippen molar-refractivity contribution in [3.63, 3.8) is 0 Å². The monoisotopic (exact) mass is 453 g/mol. The fourth-order valence-corrected chi connectivity index (χ4v) is 4.60. The highest BCUT2D eigenvalue weighted by atomic mass is 32.2. The van der Waals surface area contributed by atoms with E-state index >= 15 is 0 Å². The van der Waals surface area contributed by atoms with Crippen molar-refractivity contribution in [1.82, 2.24) is 4.90 Å². The molecule has 0 unspecified atom stereocenters. The van der Waals surface area contributed by atoms with E-state index in [0.29, 0.717) is 15.4 Å². The summed E-state index contributed by atoms with van der Waals surface area (Å²) in [4.78, 5) is 38.1. The molecule has 0 saturated heterocycles. The Bertz CT molecular complexity index is 1080. The summed E-state index contributed by atoms with van der Waals surface area (Å²) in [6.07, 6.45) is 4.21. The number of thiophene rings is 1. The lowest BCUT2D eigenvalue weighted by molar-refractivity contribution is -0.143. The van der Waals surface area contributed by atoms with Crippen LogP contribution in [0.4, 0.5) is 5.00 Å². The average Bonchev–Trinajstić information content (AvgIpc) is 3.05. The Morgan fingerprint density at radius 3 is 2.73 bits per heavy atom. The molecule has 0 bridgehead atoms. The molecule has 0 atom stereocenters. The normalized spacial score (nSPS) is 16.8. The number of esters is 2. The summed E-state index contributed by atoms with van der Waals surface area (Å²) in [5.41, 5.74) is 0.835. The van der Waals surface area contributed by atoms with Crippen molar-refractivity contribution in [2.24, 2.45) is 4.40 Å². The number of nitrogens with one attached hydrogen (secondary N) is 1. The van der Waals surface area contributed by atoms with Gasteiger partial charge in [0, 0.05) is 12.7 Å². The molecule has 12 heteroatoms. The van der Waals surface area contributed by atoms with Crippen LogP contribution in [0, 0.1) is 6.92 Å². The molecule has 1 aromatic heterocycles. The molecule has 0 saturated carbocycles. The van der Waals surface area contributed by atoms with Crippen LogP contribution in [-0.4, -0.2) is 62.5 Å². The summed E-state index contributed by atoms with van der Waals surface area (Å²) in [5, 5.41) is 3.01. The van der Waals surface area contributed by atoms with Gasteiger partial charge in [0.2, 0.25) is 0 Å². The largest absolute Gasteiger partial charge is 0.462 e. The number of fused-ring (bicyclic) bond motifs is 1. The first-order valence-electron chi connectivity index (χ1n) is 8.92. The summed E-state index contributed by atoms with van der Waals surface area (Å²) >= 11 is 1.07. The van der Waals surface area contributed by atoms with Gasteiger partial charge in [-0.3, -0.25) is 4.79 Å². The quantitative estimate of drug-likeness (QED) is 0.636. The van der Waals surface area contributed by atoms with Gasteiger partial charge in [0.25, 0.3) is 15.9 Å². The Labute approximate surface area is 176 Å². The molecular weight excluding hydrogens is 434 g/mol. The molecule has 3 rings (SSSR count). The number of carbonyl (C=O) groups excluding carboxylic acids is 3. The molecule has 0 radical (unpaired) electrons. The van der Waals surface area contributed by atoms with E-state index in [4.69, 9.17) is 9.47 Å². The first-order valence-corrected chi connectivity index (χ1v) is 11.3. The van der Waals surface area contributed by atoms with Crippen LogP contribution in [-0.2, 0) is 29.1 Å². The number of nitrogens with zero attached hydrogens (tertiary/aromatic N) is 2. The second-order valence-corrected chi connectivity index (χ2v) is 9.12. The molecule has 1 aromatic rings. The summed E-state index contributed by atoms with van der Waals surface area (Å²) in [5.74, 6) is -1.69. The SMILES string of the molecule is CCOC(=O)c1sc(NC(=O)COC(=O)C2=CN3CCS(=O)(=O)N=C3C=C2)cc1C. The maximum absolute atomic E-state index is 12.2. The lowest BCUT2D eigenvalue weighted by Gasteiger charge is -2.26. The Morgan fingerprint density at radius 2 is 2.00 bits per heavy atom. The Morgan fingerprint density at radius 1 is 1.23 bits per heavy atom. The van der Waals surface area contributed by atoms with Gasteiger partial charge in [-0.05, 0) is 37.6 Å². The third kappa shape index (κ3) is 5.13. The van der Waals surface area contributed by atoms with Gasteiger partial charge in [0.15, 0.2) is 6.61 Å². The lowest BCUT2D eigenvalue weighted by atomic mass is 10.2. The highest BCUT2D eigenvalue weighted by Crippen LogP contribution is 2.27. The fourth-order valence-electron chi connectivity index (χ4n) is 2.65. The van der Waals surface area contributed by atoms with Crippen LogP contribution >= 0.6 is 11.3 Å².